The Morgan fingerprint density at radius 3 is 1.44 bits per heavy atom. The van der Waals surface area contributed by atoms with Gasteiger partial charge in [-0.05, 0) is 26.7 Å². The van der Waals surface area contributed by atoms with E-state index in [2.05, 4.69) is 0 Å². The van der Waals surface area contributed by atoms with Gasteiger partial charge in [-0.2, -0.15) is 0 Å². The van der Waals surface area contributed by atoms with E-state index in [1.165, 1.54) is 0 Å². The van der Waals surface area contributed by atoms with Crippen molar-refractivity contribution in [2.45, 2.75) is 52.4 Å². The molecule has 4 heteroatoms. The van der Waals surface area contributed by atoms with E-state index in [4.69, 9.17) is 20.3 Å². The normalized spacial score (nSPS) is 9.88. The largest absolute Gasteiger partial charge is 0.481 e. The fourth-order valence-electron chi connectivity index (χ4n) is 1.42. The van der Waals surface area contributed by atoms with Gasteiger partial charge in [-0.15, -0.1) is 0 Å². The molecule has 0 aliphatic heterocycles. The summed E-state index contributed by atoms with van der Waals surface area (Å²) in [5.41, 5.74) is 0. The van der Waals surface area contributed by atoms with Crippen molar-refractivity contribution >= 4 is 11.8 Å². The highest BCUT2D eigenvalue weighted by atomic mass is 16.5. The number of hydrogen-bond donors (Lipinski definition) is 2. The highest BCUT2D eigenvalue weighted by Crippen LogP contribution is 2.07. The maximum atomic E-state index is 7.42. The van der Waals surface area contributed by atoms with Gasteiger partial charge in [0.2, 0.25) is 0 Å². The zero-order chi connectivity index (χ0) is 12.2. The molecular formula is C12H24N2O2. The third-order valence-corrected chi connectivity index (χ3v) is 2.19. The third-order valence-electron chi connectivity index (χ3n) is 2.19. The molecule has 4 nitrogen and oxygen atoms in total. The smallest absolute Gasteiger partial charge is 0.180 e. The Morgan fingerprint density at radius 2 is 1.12 bits per heavy atom. The molecule has 0 amide bonds. The Bertz CT molecular complexity index is 183. The predicted molar refractivity (Wildman–Crippen MR) is 66.4 cm³/mol. The fourth-order valence-corrected chi connectivity index (χ4v) is 1.42. The van der Waals surface area contributed by atoms with Gasteiger partial charge in [-0.25, -0.2) is 0 Å². The van der Waals surface area contributed by atoms with Crippen molar-refractivity contribution in [1.82, 2.24) is 0 Å². The lowest BCUT2D eigenvalue weighted by atomic mass is 10.1. The Hall–Kier alpha value is -1.06. The summed E-state index contributed by atoms with van der Waals surface area (Å²) in [7, 11) is 0. The van der Waals surface area contributed by atoms with Crippen LogP contribution < -0.4 is 0 Å². The second kappa shape index (κ2) is 10.5. The first kappa shape index (κ1) is 14.9. The molecule has 0 aliphatic carbocycles. The average Bonchev–Trinajstić information content (AvgIpc) is 2.24. The summed E-state index contributed by atoms with van der Waals surface area (Å²) in [5, 5.41) is 14.8. The summed E-state index contributed by atoms with van der Waals surface area (Å²) < 4.78 is 10.1. The van der Waals surface area contributed by atoms with Crippen LogP contribution >= 0.6 is 0 Å². The highest BCUT2D eigenvalue weighted by Gasteiger charge is 1.99. The lowest BCUT2D eigenvalue weighted by Crippen LogP contribution is -2.03. The summed E-state index contributed by atoms with van der Waals surface area (Å²) in [6, 6.07) is 0. The summed E-state index contributed by atoms with van der Waals surface area (Å²) >= 11 is 0. The number of ether oxygens (including phenoxy) is 2. The van der Waals surface area contributed by atoms with Crippen molar-refractivity contribution in [3.8, 4) is 0 Å². The lowest BCUT2D eigenvalue weighted by molar-refractivity contribution is 0.310. The van der Waals surface area contributed by atoms with Crippen LogP contribution in [0.4, 0.5) is 0 Å². The zero-order valence-corrected chi connectivity index (χ0v) is 10.5. The van der Waals surface area contributed by atoms with Crippen molar-refractivity contribution in [3.63, 3.8) is 0 Å². The van der Waals surface area contributed by atoms with Gasteiger partial charge in [0.15, 0.2) is 11.8 Å². The topological polar surface area (TPSA) is 66.2 Å². The van der Waals surface area contributed by atoms with E-state index in [-0.39, 0.29) is 0 Å². The molecule has 16 heavy (non-hydrogen) atoms. The van der Waals surface area contributed by atoms with Crippen molar-refractivity contribution in [2.24, 2.45) is 0 Å². The Kier molecular flexibility index (Phi) is 9.76. The molecule has 0 saturated carbocycles. The first-order valence-electron chi connectivity index (χ1n) is 6.11. The monoisotopic (exact) mass is 228 g/mol. The van der Waals surface area contributed by atoms with E-state index in [1.54, 1.807) is 0 Å². The maximum Gasteiger partial charge on any atom is 0.180 e. The molecule has 0 aromatic carbocycles. The minimum Gasteiger partial charge on any atom is -0.481 e. The van der Waals surface area contributed by atoms with Crippen molar-refractivity contribution in [2.75, 3.05) is 13.2 Å². The van der Waals surface area contributed by atoms with Gasteiger partial charge in [0.05, 0.1) is 13.2 Å². The SMILES string of the molecule is CCOC(=N)CCCCCCC(=N)OCC. The molecule has 0 rings (SSSR count). The molecule has 0 saturated heterocycles. The average molecular weight is 228 g/mol. The molecule has 0 radical (unpaired) electrons. The van der Waals surface area contributed by atoms with Gasteiger partial charge in [0.25, 0.3) is 0 Å². The Morgan fingerprint density at radius 1 is 0.750 bits per heavy atom. The van der Waals surface area contributed by atoms with Crippen LogP contribution in [-0.4, -0.2) is 25.0 Å². The first-order chi connectivity index (χ1) is 7.70. The molecule has 0 aromatic heterocycles. The van der Waals surface area contributed by atoms with Crippen LogP contribution in [0, 0.1) is 10.8 Å². The molecule has 2 N–H and O–H groups in total. The first-order valence-corrected chi connectivity index (χ1v) is 6.11. The molecule has 0 fully saturated rings. The summed E-state index contributed by atoms with van der Waals surface area (Å²) in [6.45, 7) is 4.97. The van der Waals surface area contributed by atoms with Crippen molar-refractivity contribution in [1.29, 1.82) is 10.8 Å². The van der Waals surface area contributed by atoms with Gasteiger partial charge >= 0.3 is 0 Å². The molecule has 0 aliphatic rings. The van der Waals surface area contributed by atoms with E-state index in [0.29, 0.717) is 25.0 Å². The minimum atomic E-state index is 0.393. The van der Waals surface area contributed by atoms with Crippen molar-refractivity contribution < 1.29 is 9.47 Å². The highest BCUT2D eigenvalue weighted by molar-refractivity contribution is 5.72. The predicted octanol–water partition coefficient (Wildman–Crippen LogP) is 3.35. The standard InChI is InChI=1S/C12H24N2O2/c1-3-15-11(13)9-7-5-6-8-10-12(14)16-4-2/h13-14H,3-10H2,1-2H3. The van der Waals surface area contributed by atoms with Gasteiger partial charge in [0, 0.05) is 12.8 Å². The minimum absolute atomic E-state index is 0.393. The summed E-state index contributed by atoms with van der Waals surface area (Å²) in [6.07, 6.45) is 5.65. The van der Waals surface area contributed by atoms with Crippen LogP contribution in [0.3, 0.4) is 0 Å². The Labute approximate surface area is 98.4 Å². The fraction of sp³-hybridized carbons (Fsp3) is 0.833. The molecule has 94 valence electrons. The summed E-state index contributed by atoms with van der Waals surface area (Å²) in [4.78, 5) is 0. The van der Waals surface area contributed by atoms with E-state index in [9.17, 15) is 0 Å². The van der Waals surface area contributed by atoms with E-state index < -0.39 is 0 Å². The maximum absolute atomic E-state index is 7.42. The third kappa shape index (κ3) is 9.49. The van der Waals surface area contributed by atoms with Crippen LogP contribution in [0.15, 0.2) is 0 Å². The van der Waals surface area contributed by atoms with Gasteiger partial charge in [-0.1, -0.05) is 12.8 Å². The van der Waals surface area contributed by atoms with Gasteiger partial charge in [0.1, 0.15) is 0 Å². The van der Waals surface area contributed by atoms with Gasteiger partial charge < -0.3 is 9.47 Å². The van der Waals surface area contributed by atoms with Gasteiger partial charge in [-0.3, -0.25) is 10.8 Å². The molecule has 0 aromatic rings. The zero-order valence-electron chi connectivity index (χ0n) is 10.5. The molecule has 0 bridgehead atoms. The number of unbranched alkanes of at least 4 members (excludes halogenated alkanes) is 3. The van der Waals surface area contributed by atoms with E-state index >= 15 is 0 Å². The molecule has 0 unspecified atom stereocenters. The van der Waals surface area contributed by atoms with Crippen LogP contribution in [-0.2, 0) is 9.47 Å². The second-order valence-electron chi connectivity index (χ2n) is 3.63. The van der Waals surface area contributed by atoms with E-state index in [0.717, 1.165) is 38.5 Å². The number of hydrogen-bond acceptors (Lipinski definition) is 4. The van der Waals surface area contributed by atoms with Crippen molar-refractivity contribution in [3.05, 3.63) is 0 Å². The number of rotatable bonds is 9. The van der Waals surface area contributed by atoms with E-state index in [1.807, 2.05) is 13.8 Å². The van der Waals surface area contributed by atoms with Crippen LogP contribution in [0.25, 0.3) is 0 Å². The van der Waals surface area contributed by atoms with Crippen LogP contribution in [0.2, 0.25) is 0 Å². The molecular weight excluding hydrogens is 204 g/mol. The molecule has 0 spiro atoms. The molecule has 0 heterocycles. The summed E-state index contributed by atoms with van der Waals surface area (Å²) in [5.74, 6) is 0.786. The quantitative estimate of drug-likeness (QED) is 0.361. The lowest BCUT2D eigenvalue weighted by Gasteiger charge is -2.05. The number of nitrogens with one attached hydrogen (secondary N) is 2. The van der Waals surface area contributed by atoms with Crippen LogP contribution in [0.5, 0.6) is 0 Å². The molecule has 0 atom stereocenters. The second-order valence-corrected chi connectivity index (χ2v) is 3.63. The van der Waals surface area contributed by atoms with Crippen LogP contribution in [0.1, 0.15) is 52.4 Å². The Balaban J connectivity index is 3.21.